The van der Waals surface area contributed by atoms with E-state index in [1.54, 1.807) is 18.4 Å². The fourth-order valence-electron chi connectivity index (χ4n) is 3.83. The lowest BCUT2D eigenvalue weighted by atomic mass is 10.1. The first-order valence-electron chi connectivity index (χ1n) is 11.3. The summed E-state index contributed by atoms with van der Waals surface area (Å²) in [7, 11) is 1.65. The van der Waals surface area contributed by atoms with Crippen molar-refractivity contribution in [3.63, 3.8) is 0 Å². The zero-order valence-corrected chi connectivity index (χ0v) is 19.5. The zero-order chi connectivity index (χ0) is 22.3. The fourth-order valence-corrected chi connectivity index (χ4v) is 4.69. The number of aromatic nitrogens is 1. The molecule has 3 aromatic rings. The SMILES string of the molecule is CCCCCOc1cccc(C(=O)N2CCC(Oc3nc4cc(OC)ccc4s3)CC2)c1. The molecule has 0 aliphatic carbocycles. The number of rotatable bonds is 9. The minimum absolute atomic E-state index is 0.0505. The second-order valence-electron chi connectivity index (χ2n) is 8.01. The lowest BCUT2D eigenvalue weighted by molar-refractivity contribution is 0.0595. The maximum atomic E-state index is 13.0. The first-order chi connectivity index (χ1) is 15.7. The highest BCUT2D eigenvalue weighted by Gasteiger charge is 2.25. The molecule has 0 N–H and O–H groups in total. The van der Waals surface area contributed by atoms with Crippen molar-refractivity contribution in [2.24, 2.45) is 0 Å². The maximum absolute atomic E-state index is 13.0. The number of methoxy groups -OCH3 is 1. The van der Waals surface area contributed by atoms with Gasteiger partial charge in [-0.15, -0.1) is 0 Å². The van der Waals surface area contributed by atoms with Gasteiger partial charge in [0.25, 0.3) is 11.1 Å². The molecule has 2 aromatic carbocycles. The van der Waals surface area contributed by atoms with Gasteiger partial charge in [0, 0.05) is 37.6 Å². The Labute approximate surface area is 193 Å². The third kappa shape index (κ3) is 5.51. The van der Waals surface area contributed by atoms with E-state index in [9.17, 15) is 4.79 Å². The van der Waals surface area contributed by atoms with E-state index < -0.39 is 0 Å². The average molecular weight is 455 g/mol. The molecule has 0 radical (unpaired) electrons. The predicted octanol–water partition coefficient (Wildman–Crippen LogP) is 5.56. The quantitative estimate of drug-likeness (QED) is 0.396. The van der Waals surface area contributed by atoms with Crippen molar-refractivity contribution in [2.45, 2.75) is 45.1 Å². The van der Waals surface area contributed by atoms with E-state index in [0.29, 0.717) is 30.5 Å². The number of carbonyl (C=O) groups excluding carboxylic acids is 1. The van der Waals surface area contributed by atoms with Gasteiger partial charge in [-0.2, -0.15) is 0 Å². The van der Waals surface area contributed by atoms with E-state index in [1.165, 1.54) is 0 Å². The molecule has 0 atom stereocenters. The summed E-state index contributed by atoms with van der Waals surface area (Å²) in [5.41, 5.74) is 1.56. The van der Waals surface area contributed by atoms with Crippen LogP contribution < -0.4 is 14.2 Å². The van der Waals surface area contributed by atoms with Gasteiger partial charge in [0.15, 0.2) is 0 Å². The van der Waals surface area contributed by atoms with Gasteiger partial charge in [-0.25, -0.2) is 4.98 Å². The van der Waals surface area contributed by atoms with Crippen molar-refractivity contribution in [2.75, 3.05) is 26.8 Å². The second-order valence-corrected chi connectivity index (χ2v) is 9.00. The number of fused-ring (bicyclic) bond motifs is 1. The number of piperidine rings is 1. The number of amides is 1. The fraction of sp³-hybridized carbons (Fsp3) is 0.440. The summed E-state index contributed by atoms with van der Waals surface area (Å²) in [5, 5.41) is 0.672. The Morgan fingerprint density at radius 1 is 1.12 bits per heavy atom. The number of thiazole rings is 1. The van der Waals surface area contributed by atoms with Gasteiger partial charge in [-0.1, -0.05) is 37.2 Å². The first kappa shape index (κ1) is 22.4. The van der Waals surface area contributed by atoms with Crippen LogP contribution in [0.25, 0.3) is 10.2 Å². The summed E-state index contributed by atoms with van der Waals surface area (Å²) in [6.07, 6.45) is 4.99. The largest absolute Gasteiger partial charge is 0.497 e. The number of likely N-dealkylation sites (tertiary alicyclic amines) is 1. The number of hydrogen-bond acceptors (Lipinski definition) is 6. The minimum Gasteiger partial charge on any atom is -0.497 e. The number of carbonyl (C=O) groups is 1. The molecule has 7 heteroatoms. The average Bonchev–Trinajstić information content (AvgIpc) is 3.23. The van der Waals surface area contributed by atoms with Crippen LogP contribution in [0.3, 0.4) is 0 Å². The first-order valence-corrected chi connectivity index (χ1v) is 12.1. The molecule has 1 fully saturated rings. The van der Waals surface area contributed by atoms with Gasteiger partial charge in [-0.05, 0) is 36.8 Å². The van der Waals surface area contributed by atoms with E-state index >= 15 is 0 Å². The Kier molecular flexibility index (Phi) is 7.47. The van der Waals surface area contributed by atoms with Crippen molar-refractivity contribution in [1.82, 2.24) is 9.88 Å². The van der Waals surface area contributed by atoms with E-state index in [2.05, 4.69) is 11.9 Å². The molecule has 2 heterocycles. The van der Waals surface area contributed by atoms with Crippen LogP contribution in [0.2, 0.25) is 0 Å². The molecule has 170 valence electrons. The summed E-state index contributed by atoms with van der Waals surface area (Å²) >= 11 is 1.54. The van der Waals surface area contributed by atoms with Gasteiger partial charge >= 0.3 is 0 Å². The molecule has 1 aromatic heterocycles. The maximum Gasteiger partial charge on any atom is 0.274 e. The van der Waals surface area contributed by atoms with E-state index in [0.717, 1.165) is 53.8 Å². The summed E-state index contributed by atoms with van der Waals surface area (Å²) < 4.78 is 18.3. The standard InChI is InChI=1S/C25H30N2O4S/c1-3-4-5-15-30-21-8-6-7-18(16-21)24(28)27-13-11-19(12-14-27)31-25-26-22-17-20(29-2)9-10-23(22)32-25/h6-10,16-17,19H,3-5,11-15H2,1-2H3. The van der Waals surface area contributed by atoms with Crippen molar-refractivity contribution in [1.29, 1.82) is 0 Å². The number of nitrogens with zero attached hydrogens (tertiary/aromatic N) is 2. The van der Waals surface area contributed by atoms with Gasteiger partial charge in [0.2, 0.25) is 0 Å². The van der Waals surface area contributed by atoms with Crippen LogP contribution in [0.15, 0.2) is 42.5 Å². The molecule has 1 aliphatic heterocycles. The van der Waals surface area contributed by atoms with Crippen molar-refractivity contribution < 1.29 is 19.0 Å². The normalized spacial score (nSPS) is 14.5. The van der Waals surface area contributed by atoms with Gasteiger partial charge in [-0.3, -0.25) is 4.79 Å². The van der Waals surface area contributed by atoms with Gasteiger partial charge in [0.05, 0.1) is 23.9 Å². The molecule has 0 unspecified atom stereocenters. The van der Waals surface area contributed by atoms with E-state index in [4.69, 9.17) is 14.2 Å². The van der Waals surface area contributed by atoms with Crippen LogP contribution in [0.4, 0.5) is 0 Å². The molecule has 0 saturated carbocycles. The highest BCUT2D eigenvalue weighted by Crippen LogP contribution is 2.32. The molecule has 4 rings (SSSR count). The Hall–Kier alpha value is -2.80. The molecular weight excluding hydrogens is 424 g/mol. The van der Waals surface area contributed by atoms with Crippen molar-refractivity contribution in [3.05, 3.63) is 48.0 Å². The topological polar surface area (TPSA) is 60.9 Å². The predicted molar refractivity (Wildman–Crippen MR) is 127 cm³/mol. The summed E-state index contributed by atoms with van der Waals surface area (Å²) in [6, 6.07) is 13.4. The highest BCUT2D eigenvalue weighted by atomic mass is 32.1. The Morgan fingerprint density at radius 2 is 1.97 bits per heavy atom. The minimum atomic E-state index is 0.0505. The lowest BCUT2D eigenvalue weighted by Gasteiger charge is -2.31. The van der Waals surface area contributed by atoms with E-state index in [-0.39, 0.29) is 12.0 Å². The number of ether oxygens (including phenoxy) is 3. The lowest BCUT2D eigenvalue weighted by Crippen LogP contribution is -2.41. The number of hydrogen-bond donors (Lipinski definition) is 0. The third-order valence-corrected chi connectivity index (χ3v) is 6.60. The summed E-state index contributed by atoms with van der Waals surface area (Å²) in [6.45, 7) is 4.20. The van der Waals surface area contributed by atoms with E-state index in [1.807, 2.05) is 47.4 Å². The monoisotopic (exact) mass is 454 g/mol. The summed E-state index contributed by atoms with van der Waals surface area (Å²) in [5.74, 6) is 1.60. The number of unbranched alkanes of at least 4 members (excludes halogenated alkanes) is 2. The van der Waals surface area contributed by atoms with Crippen LogP contribution in [-0.2, 0) is 0 Å². The third-order valence-electron chi connectivity index (χ3n) is 5.67. The van der Waals surface area contributed by atoms with Crippen molar-refractivity contribution >= 4 is 27.5 Å². The molecular formula is C25H30N2O4S. The molecule has 0 bridgehead atoms. The van der Waals surface area contributed by atoms with Crippen molar-refractivity contribution in [3.8, 4) is 16.7 Å². The molecule has 32 heavy (non-hydrogen) atoms. The van der Waals surface area contributed by atoms with Gasteiger partial charge < -0.3 is 19.1 Å². The molecule has 0 spiro atoms. The molecule has 1 aliphatic rings. The second kappa shape index (κ2) is 10.7. The van der Waals surface area contributed by atoms with Crippen LogP contribution in [0.1, 0.15) is 49.4 Å². The van der Waals surface area contributed by atoms with Crippen LogP contribution in [0.5, 0.6) is 16.7 Å². The molecule has 1 amide bonds. The zero-order valence-electron chi connectivity index (χ0n) is 18.7. The Balaban J connectivity index is 1.30. The summed E-state index contributed by atoms with van der Waals surface area (Å²) in [4.78, 5) is 19.5. The Bertz CT molecular complexity index is 1040. The molecule has 6 nitrogen and oxygen atoms in total. The van der Waals surface area contributed by atoms with Gasteiger partial charge in [0.1, 0.15) is 17.6 Å². The smallest absolute Gasteiger partial charge is 0.274 e. The Morgan fingerprint density at radius 3 is 2.75 bits per heavy atom. The van der Waals surface area contributed by atoms with Crippen LogP contribution in [0, 0.1) is 0 Å². The number of benzene rings is 2. The highest BCUT2D eigenvalue weighted by molar-refractivity contribution is 7.20. The van der Waals surface area contributed by atoms with Crippen LogP contribution >= 0.6 is 11.3 Å². The molecule has 1 saturated heterocycles. The van der Waals surface area contributed by atoms with Crippen LogP contribution in [-0.4, -0.2) is 48.7 Å².